The molecule has 2 aromatic rings. The number of carbonyl (C=O) groups excluding carboxylic acids is 3. The first-order valence-corrected chi connectivity index (χ1v) is 10.7. The van der Waals surface area contributed by atoms with Crippen LogP contribution in [0.15, 0.2) is 48.5 Å². The molecule has 29 heavy (non-hydrogen) atoms. The first-order chi connectivity index (χ1) is 14.0. The molecule has 0 radical (unpaired) electrons. The summed E-state index contributed by atoms with van der Waals surface area (Å²) in [6, 6.07) is 13.3. The van der Waals surface area contributed by atoms with Gasteiger partial charge in [-0.2, -0.15) is 0 Å². The lowest BCUT2D eigenvalue weighted by molar-refractivity contribution is -0.130. The van der Waals surface area contributed by atoms with Crippen molar-refractivity contribution in [3.8, 4) is 0 Å². The fourth-order valence-corrected chi connectivity index (χ4v) is 5.28. The molecular weight excluding hydrogens is 410 g/mol. The van der Waals surface area contributed by atoms with Crippen LogP contribution >= 0.6 is 23.4 Å². The Labute approximate surface area is 178 Å². The normalized spacial score (nSPS) is 20.8. The topological polar surface area (TPSA) is 78.5 Å². The first kappa shape index (κ1) is 19.8. The highest BCUT2D eigenvalue weighted by Gasteiger charge is 2.48. The molecule has 150 valence electrons. The van der Waals surface area contributed by atoms with Crippen molar-refractivity contribution >= 4 is 41.1 Å². The van der Waals surface area contributed by atoms with E-state index in [1.54, 1.807) is 41.8 Å². The molecule has 2 heterocycles. The second kappa shape index (κ2) is 8.08. The minimum atomic E-state index is -0.717. The number of rotatable bonds is 5. The van der Waals surface area contributed by atoms with E-state index in [-0.39, 0.29) is 23.1 Å². The molecule has 6 nitrogen and oxygen atoms in total. The zero-order valence-corrected chi connectivity index (χ0v) is 17.3. The number of nitrogens with zero attached hydrogens (tertiary/aromatic N) is 1. The number of amides is 3. The van der Waals surface area contributed by atoms with Crippen LogP contribution in [0.3, 0.4) is 0 Å². The Morgan fingerprint density at radius 3 is 2.83 bits per heavy atom. The standard InChI is InChI=1S/C21H20ClN3O3S/c1-12(18(26)23-10-13-5-4-6-14(22)9-13)24-19(27)17-11-29-21-16-8-3-2-7-15(16)20(28)25(17)21/h2-9,12,17,21H,10-11H2,1H3,(H,23,26)(H,24,27)/t12-,17-,21+/m0/s1. The zero-order chi connectivity index (χ0) is 20.5. The molecule has 4 rings (SSSR count). The molecule has 0 spiro atoms. The van der Waals surface area contributed by atoms with Gasteiger partial charge in [-0.3, -0.25) is 14.4 Å². The predicted molar refractivity (Wildman–Crippen MR) is 113 cm³/mol. The summed E-state index contributed by atoms with van der Waals surface area (Å²) in [5.41, 5.74) is 2.47. The van der Waals surface area contributed by atoms with Crippen LogP contribution in [-0.2, 0) is 16.1 Å². The van der Waals surface area contributed by atoms with Gasteiger partial charge in [0.25, 0.3) is 5.91 Å². The number of fused-ring (bicyclic) bond motifs is 3. The van der Waals surface area contributed by atoms with E-state index in [1.807, 2.05) is 30.3 Å². The van der Waals surface area contributed by atoms with Gasteiger partial charge in [0.05, 0.1) is 0 Å². The van der Waals surface area contributed by atoms with E-state index >= 15 is 0 Å². The van der Waals surface area contributed by atoms with Gasteiger partial charge in [-0.1, -0.05) is 41.9 Å². The van der Waals surface area contributed by atoms with Crippen molar-refractivity contribution in [1.29, 1.82) is 0 Å². The second-order valence-corrected chi connectivity index (χ2v) is 8.63. The Hall–Kier alpha value is -2.51. The highest BCUT2D eigenvalue weighted by Crippen LogP contribution is 2.48. The van der Waals surface area contributed by atoms with Gasteiger partial charge in [0, 0.05) is 22.9 Å². The molecule has 0 unspecified atom stereocenters. The first-order valence-electron chi connectivity index (χ1n) is 9.31. The molecule has 0 aromatic heterocycles. The van der Waals surface area contributed by atoms with Gasteiger partial charge in [-0.25, -0.2) is 0 Å². The lowest BCUT2D eigenvalue weighted by atomic mass is 10.1. The number of nitrogens with one attached hydrogen (secondary N) is 2. The Balaban J connectivity index is 1.36. The minimum Gasteiger partial charge on any atom is -0.350 e. The van der Waals surface area contributed by atoms with Crippen molar-refractivity contribution in [2.24, 2.45) is 0 Å². The van der Waals surface area contributed by atoms with Crippen molar-refractivity contribution in [2.75, 3.05) is 5.75 Å². The van der Waals surface area contributed by atoms with Crippen LogP contribution in [-0.4, -0.2) is 40.5 Å². The molecule has 1 fully saturated rings. The average molecular weight is 430 g/mol. The zero-order valence-electron chi connectivity index (χ0n) is 15.7. The Morgan fingerprint density at radius 2 is 2.03 bits per heavy atom. The summed E-state index contributed by atoms with van der Waals surface area (Å²) < 4.78 is 0. The smallest absolute Gasteiger partial charge is 0.256 e. The van der Waals surface area contributed by atoms with E-state index in [0.29, 0.717) is 22.9 Å². The molecule has 2 aromatic carbocycles. The minimum absolute atomic E-state index is 0.131. The number of halogens is 1. The Bertz CT molecular complexity index is 983. The maximum atomic E-state index is 12.8. The third-order valence-corrected chi connectivity index (χ3v) is 6.64. The Kier molecular flexibility index (Phi) is 5.52. The van der Waals surface area contributed by atoms with E-state index in [2.05, 4.69) is 10.6 Å². The van der Waals surface area contributed by atoms with Crippen LogP contribution in [0.25, 0.3) is 0 Å². The molecule has 3 atom stereocenters. The summed E-state index contributed by atoms with van der Waals surface area (Å²) in [6.07, 6.45) is 0. The van der Waals surface area contributed by atoms with Crippen molar-refractivity contribution in [3.63, 3.8) is 0 Å². The fraction of sp³-hybridized carbons (Fsp3) is 0.286. The van der Waals surface area contributed by atoms with Gasteiger partial charge in [-0.15, -0.1) is 11.8 Å². The van der Waals surface area contributed by atoms with Gasteiger partial charge in [0.15, 0.2) is 0 Å². The van der Waals surface area contributed by atoms with Gasteiger partial charge in [0.1, 0.15) is 17.5 Å². The average Bonchev–Trinajstić information content (AvgIpc) is 3.26. The van der Waals surface area contributed by atoms with Crippen LogP contribution in [0.5, 0.6) is 0 Å². The van der Waals surface area contributed by atoms with E-state index in [4.69, 9.17) is 11.6 Å². The quantitative estimate of drug-likeness (QED) is 0.766. The summed E-state index contributed by atoms with van der Waals surface area (Å²) >= 11 is 7.52. The van der Waals surface area contributed by atoms with Crippen LogP contribution in [0.1, 0.15) is 33.8 Å². The third kappa shape index (κ3) is 3.84. The second-order valence-electron chi connectivity index (χ2n) is 7.08. The number of thioether (sulfide) groups is 1. The number of hydrogen-bond acceptors (Lipinski definition) is 4. The Morgan fingerprint density at radius 1 is 1.24 bits per heavy atom. The highest BCUT2D eigenvalue weighted by atomic mass is 35.5. The van der Waals surface area contributed by atoms with Crippen LogP contribution in [0.2, 0.25) is 5.02 Å². The van der Waals surface area contributed by atoms with Crippen LogP contribution in [0, 0.1) is 0 Å². The SMILES string of the molecule is C[C@H](NC(=O)[C@@H]1CS[C@@H]2c3ccccc3C(=O)N21)C(=O)NCc1cccc(Cl)c1. The summed E-state index contributed by atoms with van der Waals surface area (Å²) in [6.45, 7) is 1.95. The summed E-state index contributed by atoms with van der Waals surface area (Å²) in [4.78, 5) is 39.5. The van der Waals surface area contributed by atoms with Gasteiger partial charge < -0.3 is 15.5 Å². The summed E-state index contributed by atoms with van der Waals surface area (Å²) in [7, 11) is 0. The van der Waals surface area contributed by atoms with E-state index in [1.165, 1.54) is 0 Å². The van der Waals surface area contributed by atoms with Crippen molar-refractivity contribution in [2.45, 2.75) is 30.9 Å². The molecule has 0 aliphatic carbocycles. The van der Waals surface area contributed by atoms with Crippen molar-refractivity contribution < 1.29 is 14.4 Å². The molecule has 8 heteroatoms. The summed E-state index contributed by atoms with van der Waals surface area (Å²) in [5.74, 6) is -0.232. The molecular formula is C21H20ClN3O3S. The number of carbonyl (C=O) groups is 3. The molecule has 0 saturated carbocycles. The van der Waals surface area contributed by atoms with Gasteiger partial charge in [-0.05, 0) is 36.2 Å². The number of benzene rings is 2. The number of hydrogen-bond donors (Lipinski definition) is 2. The van der Waals surface area contributed by atoms with Crippen LogP contribution in [0.4, 0.5) is 0 Å². The lowest BCUT2D eigenvalue weighted by Crippen LogP contribution is -2.52. The van der Waals surface area contributed by atoms with Gasteiger partial charge in [0.2, 0.25) is 11.8 Å². The van der Waals surface area contributed by atoms with Crippen LogP contribution < -0.4 is 10.6 Å². The maximum Gasteiger partial charge on any atom is 0.256 e. The molecule has 2 aliphatic heterocycles. The maximum absolute atomic E-state index is 12.8. The summed E-state index contributed by atoms with van der Waals surface area (Å²) in [5, 5.41) is 6.00. The van der Waals surface area contributed by atoms with E-state index in [0.717, 1.165) is 11.1 Å². The monoisotopic (exact) mass is 429 g/mol. The van der Waals surface area contributed by atoms with Crippen molar-refractivity contribution in [1.82, 2.24) is 15.5 Å². The lowest BCUT2D eigenvalue weighted by Gasteiger charge is -2.24. The third-order valence-electron chi connectivity index (χ3n) is 5.10. The molecule has 2 aliphatic rings. The van der Waals surface area contributed by atoms with E-state index in [9.17, 15) is 14.4 Å². The molecule has 1 saturated heterocycles. The van der Waals surface area contributed by atoms with E-state index < -0.39 is 12.1 Å². The fourth-order valence-electron chi connectivity index (χ4n) is 3.61. The molecule has 0 bridgehead atoms. The van der Waals surface area contributed by atoms with Gasteiger partial charge >= 0.3 is 0 Å². The largest absolute Gasteiger partial charge is 0.350 e. The molecule has 3 amide bonds. The molecule has 2 N–H and O–H groups in total. The highest BCUT2D eigenvalue weighted by molar-refractivity contribution is 7.99. The predicted octanol–water partition coefficient (Wildman–Crippen LogP) is 2.73. The van der Waals surface area contributed by atoms with Crippen molar-refractivity contribution in [3.05, 3.63) is 70.2 Å².